The van der Waals surface area contributed by atoms with E-state index >= 15 is 0 Å². The zero-order chi connectivity index (χ0) is 13.8. The van der Waals surface area contributed by atoms with Gasteiger partial charge in [-0.25, -0.2) is 0 Å². The predicted octanol–water partition coefficient (Wildman–Crippen LogP) is 0.831. The molecular formula is C10H9N5O4. The van der Waals surface area contributed by atoms with Gasteiger partial charge in [0.2, 0.25) is 0 Å². The molecule has 0 saturated heterocycles. The van der Waals surface area contributed by atoms with Gasteiger partial charge in [-0.3, -0.25) is 9.42 Å². The summed E-state index contributed by atoms with van der Waals surface area (Å²) in [6.07, 6.45) is 0. The number of aromatic nitrogens is 2. The molecule has 0 atom stereocenters. The lowest BCUT2D eigenvalue weighted by molar-refractivity contribution is -0.803. The lowest BCUT2D eigenvalue weighted by atomic mass is 10.3. The second-order valence-electron chi connectivity index (χ2n) is 3.36. The maximum atomic E-state index is 11.0. The molecule has 19 heavy (non-hydrogen) atoms. The Bertz CT molecular complexity index is 619. The van der Waals surface area contributed by atoms with Crippen molar-refractivity contribution in [2.75, 3.05) is 7.11 Å². The van der Waals surface area contributed by atoms with Gasteiger partial charge in [-0.2, -0.15) is 0 Å². The molecule has 1 heterocycles. The Balaban J connectivity index is 2.24. The van der Waals surface area contributed by atoms with Gasteiger partial charge in [0.25, 0.3) is 5.91 Å². The van der Waals surface area contributed by atoms with Gasteiger partial charge >= 0.3 is 11.5 Å². The molecule has 0 aliphatic carbocycles. The standard InChI is InChI=1S/C10H9N5O4/c1-18-7-4-2-6(3-5-7)12-13-10-8(9(11)16)15(17)19-14-10/h2-5H,1H3,(H2,11,16). The van der Waals surface area contributed by atoms with Crippen LogP contribution in [0.5, 0.6) is 5.75 Å². The van der Waals surface area contributed by atoms with Crippen LogP contribution in [0.2, 0.25) is 0 Å². The van der Waals surface area contributed by atoms with Crippen molar-refractivity contribution in [1.29, 1.82) is 0 Å². The Morgan fingerprint density at radius 1 is 1.42 bits per heavy atom. The number of benzene rings is 1. The molecule has 2 N–H and O–H groups in total. The number of primary amides is 1. The van der Waals surface area contributed by atoms with Crippen molar-refractivity contribution in [3.63, 3.8) is 0 Å². The average molecular weight is 263 g/mol. The van der Waals surface area contributed by atoms with E-state index in [1.165, 1.54) is 7.11 Å². The van der Waals surface area contributed by atoms with E-state index in [0.29, 0.717) is 11.4 Å². The number of ether oxygens (including phenoxy) is 1. The Kier molecular flexibility index (Phi) is 3.37. The third-order valence-electron chi connectivity index (χ3n) is 2.16. The van der Waals surface area contributed by atoms with Crippen LogP contribution in [0.3, 0.4) is 0 Å². The highest BCUT2D eigenvalue weighted by Crippen LogP contribution is 2.20. The van der Waals surface area contributed by atoms with E-state index in [1.807, 2.05) is 0 Å². The summed E-state index contributed by atoms with van der Waals surface area (Å²) >= 11 is 0. The van der Waals surface area contributed by atoms with Gasteiger partial charge in [-0.1, -0.05) is 5.11 Å². The lowest BCUT2D eigenvalue weighted by Crippen LogP contribution is -2.34. The number of nitrogens with two attached hydrogens (primary N) is 1. The Morgan fingerprint density at radius 2 is 2.11 bits per heavy atom. The summed E-state index contributed by atoms with van der Waals surface area (Å²) in [6.45, 7) is 0. The molecule has 98 valence electrons. The van der Waals surface area contributed by atoms with Gasteiger partial charge in [0, 0.05) is 0 Å². The summed E-state index contributed by atoms with van der Waals surface area (Å²) in [5, 5.41) is 21.7. The number of amides is 1. The third-order valence-corrected chi connectivity index (χ3v) is 2.16. The summed E-state index contributed by atoms with van der Waals surface area (Å²) in [5.74, 6) is -0.617. The third kappa shape index (κ3) is 2.65. The van der Waals surface area contributed by atoms with Crippen LogP contribution in [0.4, 0.5) is 11.5 Å². The van der Waals surface area contributed by atoms with Crippen molar-refractivity contribution in [3.8, 4) is 5.75 Å². The molecule has 0 unspecified atom stereocenters. The average Bonchev–Trinajstić information content (AvgIpc) is 2.78. The molecule has 2 aromatic rings. The van der Waals surface area contributed by atoms with E-state index in [4.69, 9.17) is 10.5 Å². The summed E-state index contributed by atoms with van der Waals surface area (Å²) in [6, 6.07) is 6.63. The van der Waals surface area contributed by atoms with Crippen LogP contribution in [0.25, 0.3) is 0 Å². The van der Waals surface area contributed by atoms with Gasteiger partial charge in [0.05, 0.1) is 18.0 Å². The number of azo groups is 1. The maximum absolute atomic E-state index is 11.0. The molecular weight excluding hydrogens is 254 g/mol. The first kappa shape index (κ1) is 12.5. The smallest absolute Gasteiger partial charge is 0.364 e. The highest BCUT2D eigenvalue weighted by atomic mass is 16.8. The first-order chi connectivity index (χ1) is 9.11. The number of methoxy groups -OCH3 is 1. The van der Waals surface area contributed by atoms with Crippen LogP contribution >= 0.6 is 0 Å². The van der Waals surface area contributed by atoms with E-state index in [-0.39, 0.29) is 10.7 Å². The zero-order valence-electron chi connectivity index (χ0n) is 9.81. The van der Waals surface area contributed by atoms with E-state index < -0.39 is 11.6 Å². The van der Waals surface area contributed by atoms with Gasteiger partial charge in [-0.05, 0) is 29.2 Å². The normalized spacial score (nSPS) is 10.8. The Hall–Kier alpha value is -2.97. The van der Waals surface area contributed by atoms with Gasteiger partial charge in [0.15, 0.2) is 0 Å². The van der Waals surface area contributed by atoms with E-state index in [9.17, 15) is 10.0 Å². The van der Waals surface area contributed by atoms with E-state index in [1.54, 1.807) is 24.3 Å². The quantitative estimate of drug-likeness (QED) is 0.644. The summed E-state index contributed by atoms with van der Waals surface area (Å²) in [7, 11) is 1.54. The topological polar surface area (TPSA) is 130 Å². The number of hydrogen-bond donors (Lipinski definition) is 1. The van der Waals surface area contributed by atoms with E-state index in [2.05, 4.69) is 20.0 Å². The number of rotatable bonds is 4. The molecule has 0 bridgehead atoms. The molecule has 1 aromatic carbocycles. The minimum absolute atomic E-state index is 0.120. The number of carbonyl (C=O) groups is 1. The second kappa shape index (κ2) is 5.12. The molecule has 0 aliphatic heterocycles. The molecule has 9 nitrogen and oxygen atoms in total. The van der Waals surface area contributed by atoms with Crippen LogP contribution in [0.15, 0.2) is 39.1 Å². The van der Waals surface area contributed by atoms with Crippen LogP contribution in [-0.2, 0) is 0 Å². The highest BCUT2D eigenvalue weighted by molar-refractivity contribution is 5.93. The molecule has 1 aromatic heterocycles. The lowest BCUT2D eigenvalue weighted by Gasteiger charge is -1.97. The van der Waals surface area contributed by atoms with Crippen LogP contribution in [0, 0.1) is 5.21 Å². The van der Waals surface area contributed by atoms with Crippen LogP contribution in [-0.4, -0.2) is 18.2 Å². The highest BCUT2D eigenvalue weighted by Gasteiger charge is 2.24. The molecule has 0 radical (unpaired) electrons. The fraction of sp³-hybridized carbons (Fsp3) is 0.100. The number of carbonyl (C=O) groups excluding carboxylic acids is 1. The SMILES string of the molecule is COc1ccc(N=Nc2no[n+]([O-])c2C(N)=O)cc1. The molecule has 0 saturated carbocycles. The number of hydrogen-bond acceptors (Lipinski definition) is 7. The largest absolute Gasteiger partial charge is 0.497 e. The van der Waals surface area contributed by atoms with Gasteiger partial charge in [0.1, 0.15) is 5.75 Å². The maximum Gasteiger partial charge on any atom is 0.364 e. The summed E-state index contributed by atoms with van der Waals surface area (Å²) in [5.41, 5.74) is 4.97. The minimum Gasteiger partial charge on any atom is -0.497 e. The molecule has 9 heteroatoms. The Labute approximate surface area is 106 Å². The van der Waals surface area contributed by atoms with Crippen molar-refractivity contribution in [2.45, 2.75) is 0 Å². The van der Waals surface area contributed by atoms with Crippen molar-refractivity contribution < 1.29 is 19.1 Å². The molecule has 2 rings (SSSR count). The van der Waals surface area contributed by atoms with Gasteiger partial charge in [-0.15, -0.1) is 5.11 Å². The molecule has 0 spiro atoms. The first-order valence-corrected chi connectivity index (χ1v) is 5.07. The van der Waals surface area contributed by atoms with Crippen molar-refractivity contribution in [1.82, 2.24) is 5.16 Å². The Morgan fingerprint density at radius 3 is 2.68 bits per heavy atom. The van der Waals surface area contributed by atoms with Crippen molar-refractivity contribution in [2.24, 2.45) is 16.0 Å². The fourth-order valence-corrected chi connectivity index (χ4v) is 1.26. The predicted molar refractivity (Wildman–Crippen MR) is 61.2 cm³/mol. The summed E-state index contributed by atoms with van der Waals surface area (Å²) < 4.78 is 9.20. The second-order valence-corrected chi connectivity index (χ2v) is 3.36. The van der Waals surface area contributed by atoms with Crippen molar-refractivity contribution in [3.05, 3.63) is 35.2 Å². The first-order valence-electron chi connectivity index (χ1n) is 5.07. The summed E-state index contributed by atoms with van der Waals surface area (Å²) in [4.78, 5) is 10.9. The molecule has 0 fully saturated rings. The minimum atomic E-state index is -1.00. The zero-order valence-corrected chi connectivity index (χ0v) is 9.81. The van der Waals surface area contributed by atoms with Crippen LogP contribution in [0.1, 0.15) is 10.5 Å². The van der Waals surface area contributed by atoms with E-state index in [0.717, 1.165) is 0 Å². The van der Waals surface area contributed by atoms with Crippen LogP contribution < -0.4 is 15.4 Å². The van der Waals surface area contributed by atoms with Gasteiger partial charge < -0.3 is 15.7 Å². The molecule has 0 aliphatic rings. The fourth-order valence-electron chi connectivity index (χ4n) is 1.26. The monoisotopic (exact) mass is 263 g/mol. The number of nitrogens with zero attached hydrogens (tertiary/aromatic N) is 4. The van der Waals surface area contributed by atoms with Crippen molar-refractivity contribution >= 4 is 17.4 Å². The molecule has 1 amide bonds.